The highest BCUT2D eigenvalue weighted by atomic mass is 35.5. The first kappa shape index (κ1) is 9.14. The Bertz CT molecular complexity index is 292. The van der Waals surface area contributed by atoms with Crippen molar-refractivity contribution in [2.24, 2.45) is 0 Å². The zero-order valence-electron chi connectivity index (χ0n) is 7.26. The van der Waals surface area contributed by atoms with Crippen LogP contribution in [0.5, 0.6) is 0 Å². The first-order valence-corrected chi connectivity index (χ1v) is 4.22. The SMILES string of the molecule is CN/C=C\c1ccc(Cl)cc1C. The van der Waals surface area contributed by atoms with Crippen LogP contribution in [0.25, 0.3) is 6.08 Å². The predicted octanol–water partition coefficient (Wildman–Crippen LogP) is 2.84. The van der Waals surface area contributed by atoms with Crippen LogP contribution in [0, 0.1) is 6.92 Å². The molecule has 1 aromatic rings. The summed E-state index contributed by atoms with van der Waals surface area (Å²) in [5, 5.41) is 3.73. The summed E-state index contributed by atoms with van der Waals surface area (Å²) in [6.07, 6.45) is 3.92. The van der Waals surface area contributed by atoms with Gasteiger partial charge in [0.2, 0.25) is 0 Å². The largest absolute Gasteiger partial charge is 0.394 e. The van der Waals surface area contributed by atoms with E-state index in [1.54, 1.807) is 0 Å². The predicted molar refractivity (Wildman–Crippen MR) is 54.3 cm³/mol. The molecule has 1 rings (SSSR count). The van der Waals surface area contributed by atoms with Gasteiger partial charge in [-0.25, -0.2) is 0 Å². The topological polar surface area (TPSA) is 12.0 Å². The lowest BCUT2D eigenvalue weighted by atomic mass is 10.1. The molecule has 1 nitrogen and oxygen atoms in total. The van der Waals surface area contributed by atoms with E-state index in [1.165, 1.54) is 11.1 Å². The second kappa shape index (κ2) is 4.17. The van der Waals surface area contributed by atoms with Crippen LogP contribution in [0.4, 0.5) is 0 Å². The van der Waals surface area contributed by atoms with Gasteiger partial charge in [0.1, 0.15) is 0 Å². The normalized spacial score (nSPS) is 10.6. The third kappa shape index (κ3) is 2.28. The number of hydrogen-bond donors (Lipinski definition) is 1. The maximum Gasteiger partial charge on any atom is 0.0409 e. The molecule has 0 aromatic heterocycles. The summed E-state index contributed by atoms with van der Waals surface area (Å²) in [4.78, 5) is 0. The third-order valence-corrected chi connectivity index (χ3v) is 1.90. The summed E-state index contributed by atoms with van der Waals surface area (Å²) >= 11 is 5.81. The van der Waals surface area contributed by atoms with Crippen molar-refractivity contribution < 1.29 is 0 Å². The fraction of sp³-hybridized carbons (Fsp3) is 0.200. The second-order valence-electron chi connectivity index (χ2n) is 2.62. The summed E-state index contributed by atoms with van der Waals surface area (Å²) in [5.74, 6) is 0. The van der Waals surface area contributed by atoms with Gasteiger partial charge in [-0.1, -0.05) is 17.7 Å². The first-order valence-electron chi connectivity index (χ1n) is 3.84. The highest BCUT2D eigenvalue weighted by molar-refractivity contribution is 6.30. The Balaban J connectivity index is 2.94. The van der Waals surface area contributed by atoms with Crippen LogP contribution in [-0.4, -0.2) is 7.05 Å². The molecule has 0 aliphatic rings. The van der Waals surface area contributed by atoms with Crippen molar-refractivity contribution in [3.05, 3.63) is 40.5 Å². The van der Waals surface area contributed by atoms with Gasteiger partial charge in [-0.05, 0) is 42.5 Å². The zero-order chi connectivity index (χ0) is 8.97. The smallest absolute Gasteiger partial charge is 0.0409 e. The molecule has 1 N–H and O–H groups in total. The standard InChI is InChI=1S/C10H12ClN/c1-8-7-10(11)4-3-9(8)5-6-12-2/h3-7,12H,1-2H3/b6-5-. The van der Waals surface area contributed by atoms with E-state index in [-0.39, 0.29) is 0 Å². The van der Waals surface area contributed by atoms with Crippen molar-refractivity contribution in [1.82, 2.24) is 5.32 Å². The molecule has 1 aromatic carbocycles. The van der Waals surface area contributed by atoms with Gasteiger partial charge >= 0.3 is 0 Å². The van der Waals surface area contributed by atoms with Crippen LogP contribution in [-0.2, 0) is 0 Å². The minimum Gasteiger partial charge on any atom is -0.394 e. The molecule has 0 saturated carbocycles. The molecule has 2 heteroatoms. The monoisotopic (exact) mass is 181 g/mol. The van der Waals surface area contributed by atoms with Crippen LogP contribution < -0.4 is 5.32 Å². The minimum absolute atomic E-state index is 0.786. The van der Waals surface area contributed by atoms with Gasteiger partial charge in [-0.15, -0.1) is 0 Å². The van der Waals surface area contributed by atoms with Crippen LogP contribution in [0.3, 0.4) is 0 Å². The molecular weight excluding hydrogens is 170 g/mol. The van der Waals surface area contributed by atoms with Gasteiger partial charge < -0.3 is 5.32 Å². The number of rotatable bonds is 2. The van der Waals surface area contributed by atoms with Gasteiger partial charge in [-0.3, -0.25) is 0 Å². The average Bonchev–Trinajstić information content (AvgIpc) is 2.03. The molecule has 0 spiro atoms. The number of benzene rings is 1. The Morgan fingerprint density at radius 1 is 1.42 bits per heavy atom. The summed E-state index contributed by atoms with van der Waals surface area (Å²) < 4.78 is 0. The quantitative estimate of drug-likeness (QED) is 0.740. The molecule has 12 heavy (non-hydrogen) atoms. The fourth-order valence-electron chi connectivity index (χ4n) is 0.999. The Labute approximate surface area is 78.1 Å². The molecule has 0 unspecified atom stereocenters. The molecular formula is C10H12ClN. The molecule has 64 valence electrons. The molecule has 0 heterocycles. The lowest BCUT2D eigenvalue weighted by Crippen LogP contribution is -1.91. The Hall–Kier alpha value is -0.950. The van der Waals surface area contributed by atoms with E-state index in [9.17, 15) is 0 Å². The van der Waals surface area contributed by atoms with Gasteiger partial charge in [0.15, 0.2) is 0 Å². The van der Waals surface area contributed by atoms with Crippen LogP contribution in [0.2, 0.25) is 5.02 Å². The highest BCUT2D eigenvalue weighted by Gasteiger charge is 1.93. The van der Waals surface area contributed by atoms with Crippen LogP contribution >= 0.6 is 11.6 Å². The van der Waals surface area contributed by atoms with E-state index in [2.05, 4.69) is 5.32 Å². The van der Waals surface area contributed by atoms with Gasteiger partial charge in [0, 0.05) is 12.1 Å². The number of halogens is 1. The molecule has 0 saturated heterocycles. The Morgan fingerprint density at radius 2 is 2.17 bits per heavy atom. The number of hydrogen-bond acceptors (Lipinski definition) is 1. The van der Waals surface area contributed by atoms with Crippen LogP contribution in [0.1, 0.15) is 11.1 Å². The van der Waals surface area contributed by atoms with Crippen molar-refractivity contribution in [2.45, 2.75) is 6.92 Å². The van der Waals surface area contributed by atoms with E-state index >= 15 is 0 Å². The average molecular weight is 182 g/mol. The highest BCUT2D eigenvalue weighted by Crippen LogP contribution is 2.15. The molecule has 0 fully saturated rings. The summed E-state index contributed by atoms with van der Waals surface area (Å²) in [6, 6.07) is 5.85. The van der Waals surface area contributed by atoms with Crippen molar-refractivity contribution in [1.29, 1.82) is 0 Å². The number of aryl methyl sites for hydroxylation is 1. The summed E-state index contributed by atoms with van der Waals surface area (Å²) in [6.45, 7) is 2.04. The molecule has 0 atom stereocenters. The minimum atomic E-state index is 0.786. The Kier molecular flexibility index (Phi) is 3.18. The van der Waals surface area contributed by atoms with Crippen molar-refractivity contribution in [3.63, 3.8) is 0 Å². The molecule has 0 amide bonds. The fourth-order valence-corrected chi connectivity index (χ4v) is 1.23. The lowest BCUT2D eigenvalue weighted by Gasteiger charge is -1.99. The van der Waals surface area contributed by atoms with E-state index in [1.807, 2.05) is 44.4 Å². The molecule has 0 aliphatic carbocycles. The van der Waals surface area contributed by atoms with E-state index in [0.29, 0.717) is 0 Å². The Morgan fingerprint density at radius 3 is 2.75 bits per heavy atom. The van der Waals surface area contributed by atoms with Gasteiger partial charge in [-0.2, -0.15) is 0 Å². The van der Waals surface area contributed by atoms with Gasteiger partial charge in [0.25, 0.3) is 0 Å². The van der Waals surface area contributed by atoms with Crippen molar-refractivity contribution in [3.8, 4) is 0 Å². The molecule has 0 radical (unpaired) electrons. The first-order chi connectivity index (χ1) is 5.74. The van der Waals surface area contributed by atoms with E-state index < -0.39 is 0 Å². The maximum absolute atomic E-state index is 5.81. The third-order valence-electron chi connectivity index (χ3n) is 1.66. The van der Waals surface area contributed by atoms with Gasteiger partial charge in [0.05, 0.1) is 0 Å². The zero-order valence-corrected chi connectivity index (χ0v) is 8.02. The summed E-state index contributed by atoms with van der Waals surface area (Å²) in [7, 11) is 1.88. The van der Waals surface area contributed by atoms with Crippen LogP contribution in [0.15, 0.2) is 24.4 Å². The van der Waals surface area contributed by atoms with Crippen molar-refractivity contribution >= 4 is 17.7 Å². The maximum atomic E-state index is 5.81. The van der Waals surface area contributed by atoms with E-state index in [4.69, 9.17) is 11.6 Å². The second-order valence-corrected chi connectivity index (χ2v) is 3.06. The molecule has 0 aliphatic heterocycles. The summed E-state index contributed by atoms with van der Waals surface area (Å²) in [5.41, 5.74) is 2.38. The lowest BCUT2D eigenvalue weighted by molar-refractivity contribution is 1.11. The van der Waals surface area contributed by atoms with E-state index in [0.717, 1.165) is 5.02 Å². The van der Waals surface area contributed by atoms with Crippen molar-refractivity contribution in [2.75, 3.05) is 7.05 Å². The number of nitrogens with one attached hydrogen (secondary N) is 1. The molecule has 0 bridgehead atoms.